The molecular weight excluding hydrogens is 178 g/mol. The molecule has 62 valence electrons. The first-order valence-electron chi connectivity index (χ1n) is 3.11. The average Bonchev–Trinajstić information content (AvgIpc) is 2.50. The lowest BCUT2D eigenvalue weighted by Gasteiger charge is -1.94. The molecular formula is C5H5N5OS. The Kier molecular flexibility index (Phi) is 1.58. The van der Waals surface area contributed by atoms with Crippen molar-refractivity contribution < 1.29 is 4.63 Å². The zero-order valence-corrected chi connectivity index (χ0v) is 7.00. The van der Waals surface area contributed by atoms with Crippen LogP contribution in [0, 0.1) is 0 Å². The lowest BCUT2D eigenvalue weighted by molar-refractivity contribution is 0.314. The minimum atomic E-state index is 0.183. The van der Waals surface area contributed by atoms with Crippen LogP contribution >= 0.6 is 11.8 Å². The molecule has 0 aliphatic rings. The van der Waals surface area contributed by atoms with Crippen molar-refractivity contribution in [2.45, 2.75) is 5.03 Å². The highest BCUT2D eigenvalue weighted by Crippen LogP contribution is 2.20. The number of nitrogens with two attached hydrogens (primary N) is 1. The summed E-state index contributed by atoms with van der Waals surface area (Å²) in [7, 11) is 0. The van der Waals surface area contributed by atoms with Gasteiger partial charge in [0.2, 0.25) is 11.6 Å². The van der Waals surface area contributed by atoms with Crippen LogP contribution in [0.3, 0.4) is 0 Å². The topological polar surface area (TPSA) is 90.7 Å². The Hall–Kier alpha value is -1.37. The third-order valence-corrected chi connectivity index (χ3v) is 1.98. The Labute approximate surface area is 71.5 Å². The van der Waals surface area contributed by atoms with E-state index in [-0.39, 0.29) is 5.95 Å². The largest absolute Gasteiger partial charge is 0.368 e. The molecule has 0 bridgehead atoms. The van der Waals surface area contributed by atoms with Crippen LogP contribution in [0.5, 0.6) is 0 Å². The summed E-state index contributed by atoms with van der Waals surface area (Å²) < 4.78 is 4.49. The van der Waals surface area contributed by atoms with E-state index in [0.29, 0.717) is 16.2 Å². The van der Waals surface area contributed by atoms with E-state index < -0.39 is 0 Å². The number of fused-ring (bicyclic) bond motifs is 1. The molecule has 2 aromatic rings. The van der Waals surface area contributed by atoms with Crippen molar-refractivity contribution in [1.82, 2.24) is 20.3 Å². The molecule has 0 radical (unpaired) electrons. The van der Waals surface area contributed by atoms with E-state index in [1.807, 2.05) is 6.26 Å². The third-order valence-electron chi connectivity index (χ3n) is 1.30. The van der Waals surface area contributed by atoms with E-state index in [2.05, 4.69) is 24.9 Å². The van der Waals surface area contributed by atoms with Crippen LogP contribution < -0.4 is 5.73 Å². The van der Waals surface area contributed by atoms with Crippen molar-refractivity contribution in [2.75, 3.05) is 12.0 Å². The second-order valence-corrected chi connectivity index (χ2v) is 2.82. The summed E-state index contributed by atoms with van der Waals surface area (Å²) in [5.41, 5.74) is 6.36. The molecule has 0 aliphatic heterocycles. The van der Waals surface area contributed by atoms with Crippen LogP contribution in [-0.2, 0) is 0 Å². The summed E-state index contributed by atoms with van der Waals surface area (Å²) in [4.78, 5) is 7.79. The van der Waals surface area contributed by atoms with Gasteiger partial charge in [0.1, 0.15) is 5.03 Å². The van der Waals surface area contributed by atoms with Crippen LogP contribution in [0.4, 0.5) is 5.95 Å². The number of anilines is 1. The van der Waals surface area contributed by atoms with Crippen LogP contribution in [0.25, 0.3) is 11.2 Å². The summed E-state index contributed by atoms with van der Waals surface area (Å²) in [6.45, 7) is 0. The summed E-state index contributed by atoms with van der Waals surface area (Å²) in [5, 5.41) is 7.88. The van der Waals surface area contributed by atoms with Gasteiger partial charge in [-0.05, 0) is 16.6 Å². The minimum Gasteiger partial charge on any atom is -0.368 e. The molecule has 6 nitrogen and oxygen atoms in total. The number of aromatic nitrogens is 4. The highest BCUT2D eigenvalue weighted by atomic mass is 32.2. The third kappa shape index (κ3) is 0.981. The van der Waals surface area contributed by atoms with Crippen LogP contribution in [0.1, 0.15) is 0 Å². The maximum atomic E-state index is 5.41. The maximum absolute atomic E-state index is 5.41. The number of hydrogen-bond acceptors (Lipinski definition) is 7. The van der Waals surface area contributed by atoms with E-state index in [0.717, 1.165) is 0 Å². The van der Waals surface area contributed by atoms with Gasteiger partial charge in [-0.25, -0.2) is 9.61 Å². The first kappa shape index (κ1) is 7.29. The lowest BCUT2D eigenvalue weighted by atomic mass is 10.5. The second kappa shape index (κ2) is 2.59. The van der Waals surface area contributed by atoms with Gasteiger partial charge >= 0.3 is 0 Å². The molecule has 0 spiro atoms. The van der Waals surface area contributed by atoms with Gasteiger partial charge in [-0.3, -0.25) is 0 Å². The van der Waals surface area contributed by atoms with Crippen LogP contribution in [0.15, 0.2) is 9.65 Å². The van der Waals surface area contributed by atoms with Crippen molar-refractivity contribution >= 4 is 28.9 Å². The Morgan fingerprint density at radius 3 is 2.92 bits per heavy atom. The Morgan fingerprint density at radius 1 is 1.33 bits per heavy atom. The number of thioether (sulfide) groups is 1. The molecule has 0 saturated carbocycles. The molecule has 0 aliphatic carbocycles. The first-order chi connectivity index (χ1) is 5.81. The number of rotatable bonds is 1. The van der Waals surface area contributed by atoms with Gasteiger partial charge in [0, 0.05) is 0 Å². The molecule has 0 aromatic carbocycles. The summed E-state index contributed by atoms with van der Waals surface area (Å²) in [5.74, 6) is 0.183. The molecule has 2 heterocycles. The monoisotopic (exact) mass is 183 g/mol. The van der Waals surface area contributed by atoms with Gasteiger partial charge in [-0.1, -0.05) is 0 Å². The van der Waals surface area contributed by atoms with E-state index in [9.17, 15) is 0 Å². The van der Waals surface area contributed by atoms with Gasteiger partial charge in [0.15, 0.2) is 5.52 Å². The quantitative estimate of drug-likeness (QED) is 0.502. The normalized spacial score (nSPS) is 10.8. The Balaban J connectivity index is 2.80. The van der Waals surface area contributed by atoms with E-state index in [1.54, 1.807) is 0 Å². The van der Waals surface area contributed by atoms with Crippen molar-refractivity contribution in [3.63, 3.8) is 0 Å². The highest BCUT2D eigenvalue weighted by Gasteiger charge is 2.09. The van der Waals surface area contributed by atoms with Crippen LogP contribution in [-0.4, -0.2) is 26.5 Å². The average molecular weight is 183 g/mol. The van der Waals surface area contributed by atoms with Crippen molar-refractivity contribution in [3.8, 4) is 0 Å². The molecule has 0 atom stereocenters. The molecule has 7 heteroatoms. The van der Waals surface area contributed by atoms with E-state index >= 15 is 0 Å². The fourth-order valence-corrected chi connectivity index (χ4v) is 1.33. The fraction of sp³-hybridized carbons (Fsp3) is 0.200. The number of hydrogen-bond donors (Lipinski definition) is 1. The minimum absolute atomic E-state index is 0.183. The van der Waals surface area contributed by atoms with E-state index in [4.69, 9.17) is 5.73 Å². The van der Waals surface area contributed by atoms with Gasteiger partial charge in [-0.15, -0.1) is 11.8 Å². The zero-order chi connectivity index (χ0) is 8.55. The second-order valence-electron chi connectivity index (χ2n) is 2.03. The highest BCUT2D eigenvalue weighted by molar-refractivity contribution is 7.98. The number of nitrogen functional groups attached to an aromatic ring is 1. The smallest absolute Gasteiger partial charge is 0.230 e. The van der Waals surface area contributed by atoms with Crippen LogP contribution in [0.2, 0.25) is 0 Å². The summed E-state index contributed by atoms with van der Waals surface area (Å²) >= 11 is 1.42. The molecule has 0 fully saturated rings. The predicted molar refractivity (Wildman–Crippen MR) is 43.6 cm³/mol. The molecule has 0 unspecified atom stereocenters. The standard InChI is InChI=1S/C5H5N5OS/c1-12-4-2-3(10-11-9-2)7-5(6)8-4/h1H3,(H2,6,7,10). The molecule has 0 saturated heterocycles. The Morgan fingerprint density at radius 2 is 2.17 bits per heavy atom. The first-order valence-corrected chi connectivity index (χ1v) is 4.33. The summed E-state index contributed by atoms with van der Waals surface area (Å²) in [6.07, 6.45) is 1.87. The zero-order valence-electron chi connectivity index (χ0n) is 6.18. The number of nitrogens with zero attached hydrogens (tertiary/aromatic N) is 4. The molecule has 2 aromatic heterocycles. The maximum Gasteiger partial charge on any atom is 0.230 e. The van der Waals surface area contributed by atoms with Gasteiger partial charge in [-0.2, -0.15) is 4.98 Å². The molecule has 0 amide bonds. The molecule has 12 heavy (non-hydrogen) atoms. The predicted octanol–water partition coefficient (Wildman–Crippen LogP) is 0.317. The van der Waals surface area contributed by atoms with Crippen molar-refractivity contribution in [2.24, 2.45) is 0 Å². The SMILES string of the molecule is CSc1nc(N)nc2nonc12. The van der Waals surface area contributed by atoms with Gasteiger partial charge < -0.3 is 5.73 Å². The van der Waals surface area contributed by atoms with Crippen molar-refractivity contribution in [1.29, 1.82) is 0 Å². The Bertz CT molecular complexity index is 413. The molecule has 2 N–H and O–H groups in total. The lowest BCUT2D eigenvalue weighted by Crippen LogP contribution is -1.96. The van der Waals surface area contributed by atoms with Gasteiger partial charge in [0.25, 0.3) is 0 Å². The fourth-order valence-electron chi connectivity index (χ4n) is 0.825. The molecule has 2 rings (SSSR count). The van der Waals surface area contributed by atoms with Crippen molar-refractivity contribution in [3.05, 3.63) is 0 Å². The van der Waals surface area contributed by atoms with Gasteiger partial charge in [0.05, 0.1) is 0 Å². The summed E-state index contributed by atoms with van der Waals surface area (Å²) in [6, 6.07) is 0. The van der Waals surface area contributed by atoms with E-state index in [1.165, 1.54) is 11.8 Å².